The molecule has 184 valence electrons. The highest BCUT2D eigenvalue weighted by atomic mass is 32.1. The molecule has 0 saturated carbocycles. The topological polar surface area (TPSA) is 103 Å². The zero-order valence-electron chi connectivity index (χ0n) is 18.0. The third-order valence-electron chi connectivity index (χ3n) is 4.28. The van der Waals surface area contributed by atoms with E-state index in [1.807, 2.05) is 30.3 Å². The van der Waals surface area contributed by atoms with Crippen molar-refractivity contribution in [3.63, 3.8) is 0 Å². The molecule has 0 aliphatic rings. The molecule has 0 radical (unpaired) electrons. The summed E-state index contributed by atoms with van der Waals surface area (Å²) >= 11 is 6.50. The number of hydrogen-bond donors (Lipinski definition) is 2. The molecule has 8 nitrogen and oxygen atoms in total. The van der Waals surface area contributed by atoms with Gasteiger partial charge in [-0.2, -0.15) is 13.2 Å². The van der Waals surface area contributed by atoms with Crippen LogP contribution in [0, 0.1) is 10.1 Å². The molecule has 0 atom stereocenters. The first kappa shape index (κ1) is 25.9. The average Bonchev–Trinajstić information content (AvgIpc) is 3.21. The van der Waals surface area contributed by atoms with Gasteiger partial charge < -0.3 is 20.1 Å². The molecule has 0 unspecified atom stereocenters. The number of non-ortho nitro benzene ring substituents is 1. The number of ether oxygens (including phenoxy) is 2. The Labute approximate surface area is 206 Å². The van der Waals surface area contributed by atoms with Crippen molar-refractivity contribution in [2.45, 2.75) is 13.1 Å². The van der Waals surface area contributed by atoms with E-state index in [2.05, 4.69) is 15.4 Å². The van der Waals surface area contributed by atoms with Gasteiger partial charge in [-0.05, 0) is 30.8 Å². The molecule has 13 heteroatoms. The summed E-state index contributed by atoms with van der Waals surface area (Å²) in [6, 6.07) is 14.0. The number of alkyl halides is 3. The minimum Gasteiger partial charge on any atom is -0.484 e. The fourth-order valence-electron chi connectivity index (χ4n) is 2.86. The number of anilines is 2. The van der Waals surface area contributed by atoms with E-state index < -0.39 is 29.4 Å². The standard InChI is InChI=1S/C22H18F3N3O5S2/c1-2-32-20(29)17-11-18(13-6-4-3-5-7-13)35-19(17)27-21(34)26-14-8-15(28(30)31)10-16(9-14)33-12-22(23,24)25/h3-11H,2,12H2,1H3,(H2,26,27,34). The van der Waals surface area contributed by atoms with Crippen LogP contribution in [0.1, 0.15) is 17.3 Å². The molecular weight excluding hydrogens is 507 g/mol. The van der Waals surface area contributed by atoms with E-state index in [-0.39, 0.29) is 28.7 Å². The Bertz CT molecular complexity index is 1230. The molecule has 2 aromatic carbocycles. The SMILES string of the molecule is CCOC(=O)c1cc(-c2ccccc2)sc1NC(=S)Nc1cc(OCC(F)(F)F)cc([N+](=O)[O-])c1. The number of carbonyl (C=O) groups is 1. The lowest BCUT2D eigenvalue weighted by Gasteiger charge is -2.13. The summed E-state index contributed by atoms with van der Waals surface area (Å²) < 4.78 is 47.2. The van der Waals surface area contributed by atoms with E-state index in [0.29, 0.717) is 5.00 Å². The van der Waals surface area contributed by atoms with E-state index in [4.69, 9.17) is 17.0 Å². The molecule has 0 fully saturated rings. The molecular formula is C22H18F3N3O5S2. The van der Waals surface area contributed by atoms with Crippen molar-refractivity contribution < 1.29 is 32.4 Å². The average molecular weight is 526 g/mol. The lowest BCUT2D eigenvalue weighted by atomic mass is 10.1. The van der Waals surface area contributed by atoms with E-state index in [1.54, 1.807) is 13.0 Å². The fourth-order valence-corrected chi connectivity index (χ4v) is 4.20. The number of nitro groups is 1. The molecule has 1 heterocycles. The Morgan fingerprint density at radius 3 is 2.49 bits per heavy atom. The molecule has 0 spiro atoms. The zero-order valence-corrected chi connectivity index (χ0v) is 19.7. The number of nitrogens with one attached hydrogen (secondary N) is 2. The summed E-state index contributed by atoms with van der Waals surface area (Å²) in [7, 11) is 0. The summed E-state index contributed by atoms with van der Waals surface area (Å²) in [5.74, 6) is -0.939. The molecule has 0 saturated heterocycles. The monoisotopic (exact) mass is 525 g/mol. The minimum absolute atomic E-state index is 0.0198. The van der Waals surface area contributed by atoms with Gasteiger partial charge >= 0.3 is 12.1 Å². The van der Waals surface area contributed by atoms with Crippen molar-refractivity contribution in [1.82, 2.24) is 0 Å². The van der Waals surface area contributed by atoms with Crippen LogP contribution in [0.15, 0.2) is 54.6 Å². The number of carbonyl (C=O) groups excluding carboxylic acids is 1. The zero-order chi connectivity index (χ0) is 25.6. The smallest absolute Gasteiger partial charge is 0.422 e. The van der Waals surface area contributed by atoms with E-state index >= 15 is 0 Å². The van der Waals surface area contributed by atoms with Gasteiger partial charge in [0.1, 0.15) is 10.8 Å². The minimum atomic E-state index is -4.62. The van der Waals surface area contributed by atoms with Crippen LogP contribution in [0.5, 0.6) is 5.75 Å². The molecule has 3 aromatic rings. The molecule has 1 aromatic heterocycles. The number of thiocarbonyl (C=S) groups is 1. The number of hydrogen-bond acceptors (Lipinski definition) is 7. The van der Waals surface area contributed by atoms with Gasteiger partial charge in [-0.3, -0.25) is 10.1 Å². The Kier molecular flexibility index (Phi) is 8.25. The van der Waals surface area contributed by atoms with Crippen molar-refractivity contribution in [2.75, 3.05) is 23.8 Å². The van der Waals surface area contributed by atoms with Crippen molar-refractivity contribution >= 4 is 51.0 Å². The first-order valence-corrected chi connectivity index (χ1v) is 11.2. The maximum Gasteiger partial charge on any atom is 0.422 e. The van der Waals surface area contributed by atoms with Gasteiger partial charge in [0.25, 0.3) is 5.69 Å². The molecule has 0 bridgehead atoms. The number of halogens is 3. The van der Waals surface area contributed by atoms with Crippen LogP contribution in [0.3, 0.4) is 0 Å². The fraction of sp³-hybridized carbons (Fsp3) is 0.182. The van der Waals surface area contributed by atoms with Crippen molar-refractivity contribution in [3.05, 3.63) is 70.3 Å². The number of thiophene rings is 1. The third kappa shape index (κ3) is 7.39. The van der Waals surface area contributed by atoms with Crippen LogP contribution in [0.25, 0.3) is 10.4 Å². The molecule has 2 N–H and O–H groups in total. The van der Waals surface area contributed by atoms with E-state index in [1.165, 1.54) is 11.3 Å². The highest BCUT2D eigenvalue weighted by Crippen LogP contribution is 2.36. The predicted octanol–water partition coefficient (Wildman–Crippen LogP) is 6.25. The van der Waals surface area contributed by atoms with Crippen LogP contribution in [0.2, 0.25) is 0 Å². The Morgan fingerprint density at radius 2 is 1.86 bits per heavy atom. The number of rotatable bonds is 8. The van der Waals surface area contributed by atoms with Gasteiger partial charge in [0, 0.05) is 17.0 Å². The maximum atomic E-state index is 12.5. The quantitative estimate of drug-likeness (QED) is 0.154. The second-order valence-corrected chi connectivity index (χ2v) is 8.36. The Balaban J connectivity index is 1.84. The van der Waals surface area contributed by atoms with E-state index in [0.717, 1.165) is 28.6 Å². The lowest BCUT2D eigenvalue weighted by Crippen LogP contribution is -2.21. The number of nitrogens with zero attached hydrogens (tertiary/aromatic N) is 1. The van der Waals surface area contributed by atoms with Crippen LogP contribution < -0.4 is 15.4 Å². The van der Waals surface area contributed by atoms with Crippen LogP contribution in [-0.2, 0) is 4.74 Å². The predicted molar refractivity (Wildman–Crippen MR) is 130 cm³/mol. The highest BCUT2D eigenvalue weighted by Gasteiger charge is 2.29. The van der Waals surface area contributed by atoms with Crippen LogP contribution >= 0.6 is 23.6 Å². The highest BCUT2D eigenvalue weighted by molar-refractivity contribution is 7.80. The van der Waals surface area contributed by atoms with Gasteiger partial charge in [-0.15, -0.1) is 11.3 Å². The molecule has 35 heavy (non-hydrogen) atoms. The van der Waals surface area contributed by atoms with Crippen molar-refractivity contribution in [2.24, 2.45) is 0 Å². The second kappa shape index (κ2) is 11.1. The Morgan fingerprint density at radius 1 is 1.14 bits per heavy atom. The largest absolute Gasteiger partial charge is 0.484 e. The maximum absolute atomic E-state index is 12.5. The summed E-state index contributed by atoms with van der Waals surface area (Å²) in [6.07, 6.45) is -4.62. The molecule has 0 aliphatic heterocycles. The third-order valence-corrected chi connectivity index (χ3v) is 5.58. The molecule has 0 amide bonds. The van der Waals surface area contributed by atoms with Gasteiger partial charge in [0.15, 0.2) is 11.7 Å². The van der Waals surface area contributed by atoms with Crippen molar-refractivity contribution in [3.8, 4) is 16.2 Å². The molecule has 0 aliphatic carbocycles. The van der Waals surface area contributed by atoms with Gasteiger partial charge in [-0.1, -0.05) is 30.3 Å². The second-order valence-electron chi connectivity index (χ2n) is 6.90. The summed E-state index contributed by atoms with van der Waals surface area (Å²) in [5.41, 5.74) is 0.615. The summed E-state index contributed by atoms with van der Waals surface area (Å²) in [6.45, 7) is 0.213. The van der Waals surface area contributed by atoms with Crippen LogP contribution in [-0.4, -0.2) is 35.4 Å². The van der Waals surface area contributed by atoms with Gasteiger partial charge in [0.05, 0.1) is 28.8 Å². The number of nitro benzene ring substituents is 1. The Hall–Kier alpha value is -3.71. The first-order chi connectivity index (χ1) is 16.6. The summed E-state index contributed by atoms with van der Waals surface area (Å²) in [5, 5.41) is 17.0. The van der Waals surface area contributed by atoms with Crippen LogP contribution in [0.4, 0.5) is 29.5 Å². The van der Waals surface area contributed by atoms with Gasteiger partial charge in [-0.25, -0.2) is 4.79 Å². The summed E-state index contributed by atoms with van der Waals surface area (Å²) in [4.78, 5) is 23.7. The number of benzene rings is 2. The normalized spacial score (nSPS) is 11.0. The van der Waals surface area contributed by atoms with Crippen molar-refractivity contribution in [1.29, 1.82) is 0 Å². The van der Waals surface area contributed by atoms with E-state index in [9.17, 15) is 28.1 Å². The first-order valence-electron chi connectivity index (χ1n) is 9.99. The molecule has 3 rings (SSSR count). The number of esters is 1. The lowest BCUT2D eigenvalue weighted by molar-refractivity contribution is -0.384. The van der Waals surface area contributed by atoms with Gasteiger partial charge in [0.2, 0.25) is 0 Å².